The van der Waals surface area contributed by atoms with E-state index in [2.05, 4.69) is 10.4 Å². The van der Waals surface area contributed by atoms with Gasteiger partial charge in [0.25, 0.3) is 5.91 Å². The summed E-state index contributed by atoms with van der Waals surface area (Å²) in [6.07, 6.45) is -5.91. The Labute approximate surface area is 179 Å². The van der Waals surface area contributed by atoms with Crippen LogP contribution in [0.1, 0.15) is 34.2 Å². The highest BCUT2D eigenvalue weighted by molar-refractivity contribution is 5.95. The number of halogens is 5. The molecule has 172 valence electrons. The van der Waals surface area contributed by atoms with Gasteiger partial charge in [0.15, 0.2) is 0 Å². The van der Waals surface area contributed by atoms with Crippen LogP contribution in [-0.2, 0) is 25.7 Å². The molecule has 4 rings (SSSR count). The molecule has 32 heavy (non-hydrogen) atoms. The van der Waals surface area contributed by atoms with Crippen molar-refractivity contribution < 1.29 is 31.5 Å². The molecule has 1 unspecified atom stereocenters. The average Bonchev–Trinajstić information content (AvgIpc) is 2.98. The molecule has 2 atom stereocenters. The van der Waals surface area contributed by atoms with E-state index in [1.54, 1.807) is 6.92 Å². The predicted octanol–water partition coefficient (Wildman–Crippen LogP) is 3.44. The maximum absolute atomic E-state index is 14.1. The smallest absolute Gasteiger partial charge is 0.337 e. The number of nitrogens with one attached hydrogen (secondary N) is 1. The molecule has 3 amide bonds. The van der Waals surface area contributed by atoms with Gasteiger partial charge < -0.3 is 15.1 Å². The Balaban J connectivity index is 1.60. The van der Waals surface area contributed by atoms with Gasteiger partial charge in [-0.25, -0.2) is 13.6 Å². The Morgan fingerprint density at radius 1 is 1.25 bits per heavy atom. The standard InChI is InChI=1S/C20H20F5N5O2/c1-10-5-16-13(17-18(31)28(2)7-11(21)8-30(17)27-16)9-29(10)19(32)26-12-3-4-15(22)14(6-12)20(23,24)25/h3-4,6,10-11H,5,7-9H2,1-2H3,(H,26,32)/t10-,11?/m1/s1. The van der Waals surface area contributed by atoms with Gasteiger partial charge in [-0.3, -0.25) is 9.48 Å². The molecule has 0 aliphatic carbocycles. The Hall–Kier alpha value is -3.18. The van der Waals surface area contributed by atoms with Crippen LogP contribution in [0.5, 0.6) is 0 Å². The van der Waals surface area contributed by atoms with Gasteiger partial charge in [0.1, 0.15) is 17.7 Å². The minimum atomic E-state index is -4.91. The first-order valence-corrected chi connectivity index (χ1v) is 9.88. The fraction of sp³-hybridized carbons (Fsp3) is 0.450. The van der Waals surface area contributed by atoms with Gasteiger partial charge in [-0.2, -0.15) is 18.3 Å². The van der Waals surface area contributed by atoms with Gasteiger partial charge in [0.2, 0.25) is 0 Å². The lowest BCUT2D eigenvalue weighted by molar-refractivity contribution is -0.139. The molecule has 1 N–H and O–H groups in total. The first-order chi connectivity index (χ1) is 15.0. The molecular weight excluding hydrogens is 437 g/mol. The summed E-state index contributed by atoms with van der Waals surface area (Å²) in [5, 5.41) is 6.73. The van der Waals surface area contributed by atoms with E-state index in [0.29, 0.717) is 23.4 Å². The molecule has 0 spiro atoms. The Morgan fingerprint density at radius 3 is 2.66 bits per heavy atom. The van der Waals surface area contributed by atoms with Gasteiger partial charge in [0.05, 0.1) is 30.9 Å². The lowest BCUT2D eigenvalue weighted by Gasteiger charge is -2.33. The van der Waals surface area contributed by atoms with Crippen molar-refractivity contribution in [3.8, 4) is 0 Å². The SMILES string of the molecule is C[C@@H]1Cc2nn3c(c2CN1C(=O)Nc1ccc(F)c(C(F)(F)F)c1)C(=O)N(C)CC(F)C3. The molecule has 0 radical (unpaired) electrons. The monoisotopic (exact) mass is 457 g/mol. The Bertz CT molecular complexity index is 1080. The number of alkyl halides is 4. The third-order valence-corrected chi connectivity index (χ3v) is 5.66. The number of hydrogen-bond acceptors (Lipinski definition) is 3. The number of amides is 3. The fourth-order valence-electron chi connectivity index (χ4n) is 4.06. The molecule has 0 saturated carbocycles. The normalized spacial score (nSPS) is 21.2. The summed E-state index contributed by atoms with van der Waals surface area (Å²) < 4.78 is 67.9. The van der Waals surface area contributed by atoms with E-state index in [4.69, 9.17) is 0 Å². The number of rotatable bonds is 1. The lowest BCUT2D eigenvalue weighted by Crippen LogP contribution is -2.45. The van der Waals surface area contributed by atoms with E-state index in [9.17, 15) is 31.5 Å². The number of fused-ring (bicyclic) bond motifs is 3. The van der Waals surface area contributed by atoms with Gasteiger partial charge in [-0.1, -0.05) is 0 Å². The molecule has 3 heterocycles. The quantitative estimate of drug-likeness (QED) is 0.667. The zero-order chi connectivity index (χ0) is 23.4. The topological polar surface area (TPSA) is 70.5 Å². The number of anilines is 1. The molecule has 12 heteroatoms. The van der Waals surface area contributed by atoms with E-state index in [1.165, 1.54) is 21.5 Å². The lowest BCUT2D eigenvalue weighted by atomic mass is 9.99. The van der Waals surface area contributed by atoms with Crippen LogP contribution < -0.4 is 5.32 Å². The maximum atomic E-state index is 14.1. The number of aromatic nitrogens is 2. The van der Waals surface area contributed by atoms with Gasteiger partial charge in [-0.05, 0) is 25.1 Å². The number of carbonyl (C=O) groups is 2. The van der Waals surface area contributed by atoms with E-state index in [-0.39, 0.29) is 37.4 Å². The first kappa shape index (κ1) is 22.0. The number of benzene rings is 1. The highest BCUT2D eigenvalue weighted by atomic mass is 19.4. The number of hydrogen-bond donors (Lipinski definition) is 1. The van der Waals surface area contributed by atoms with Crippen molar-refractivity contribution in [3.63, 3.8) is 0 Å². The van der Waals surface area contributed by atoms with Crippen LogP contribution in [0.2, 0.25) is 0 Å². The third-order valence-electron chi connectivity index (χ3n) is 5.66. The minimum Gasteiger partial charge on any atom is -0.337 e. The zero-order valence-electron chi connectivity index (χ0n) is 17.2. The van der Waals surface area contributed by atoms with E-state index in [0.717, 1.165) is 6.07 Å². The summed E-state index contributed by atoms with van der Waals surface area (Å²) in [6, 6.07) is 1.10. The molecule has 1 aromatic heterocycles. The minimum absolute atomic E-state index is 0.0263. The highest BCUT2D eigenvalue weighted by Crippen LogP contribution is 2.33. The van der Waals surface area contributed by atoms with Gasteiger partial charge in [0, 0.05) is 30.8 Å². The molecule has 2 aromatic rings. The summed E-state index contributed by atoms with van der Waals surface area (Å²) in [5.74, 6) is -1.86. The molecule has 2 aliphatic heterocycles. The Kier molecular flexibility index (Phi) is 5.33. The number of nitrogens with zero attached hydrogens (tertiary/aromatic N) is 4. The maximum Gasteiger partial charge on any atom is 0.419 e. The summed E-state index contributed by atoms with van der Waals surface area (Å²) >= 11 is 0. The van der Waals surface area contributed by atoms with E-state index in [1.807, 2.05) is 0 Å². The number of carbonyl (C=O) groups excluding carboxylic acids is 2. The summed E-state index contributed by atoms with van der Waals surface area (Å²) in [7, 11) is 1.48. The predicted molar refractivity (Wildman–Crippen MR) is 103 cm³/mol. The van der Waals surface area contributed by atoms with E-state index < -0.39 is 41.7 Å². The van der Waals surface area contributed by atoms with Crippen molar-refractivity contribution in [2.24, 2.45) is 0 Å². The summed E-state index contributed by atoms with van der Waals surface area (Å²) in [6.45, 7) is 1.53. The molecule has 2 aliphatic rings. The van der Waals surface area contributed by atoms with Crippen LogP contribution in [0.4, 0.5) is 32.4 Å². The van der Waals surface area contributed by atoms with Crippen molar-refractivity contribution in [1.82, 2.24) is 19.6 Å². The fourth-order valence-corrected chi connectivity index (χ4v) is 4.06. The average molecular weight is 457 g/mol. The van der Waals surface area contributed by atoms with Crippen LogP contribution in [0, 0.1) is 5.82 Å². The van der Waals surface area contributed by atoms with Crippen LogP contribution in [0.25, 0.3) is 0 Å². The molecule has 7 nitrogen and oxygen atoms in total. The second kappa shape index (κ2) is 7.75. The summed E-state index contributed by atoms with van der Waals surface area (Å²) in [5.41, 5.74) is -0.436. The van der Waals surface area contributed by atoms with Gasteiger partial charge in [-0.15, -0.1) is 0 Å². The molecule has 0 saturated heterocycles. The molecule has 0 bridgehead atoms. The largest absolute Gasteiger partial charge is 0.419 e. The van der Waals surface area contributed by atoms with Crippen LogP contribution in [-0.4, -0.2) is 57.3 Å². The van der Waals surface area contributed by atoms with Crippen LogP contribution in [0.15, 0.2) is 18.2 Å². The summed E-state index contributed by atoms with van der Waals surface area (Å²) in [4.78, 5) is 28.2. The third kappa shape index (κ3) is 3.89. The van der Waals surface area contributed by atoms with Crippen LogP contribution >= 0.6 is 0 Å². The van der Waals surface area contributed by atoms with E-state index >= 15 is 0 Å². The van der Waals surface area contributed by atoms with Crippen LogP contribution in [0.3, 0.4) is 0 Å². The molecule has 0 fully saturated rings. The molecule has 1 aromatic carbocycles. The van der Waals surface area contributed by atoms with Crippen molar-refractivity contribution in [1.29, 1.82) is 0 Å². The van der Waals surface area contributed by atoms with Crippen molar-refractivity contribution in [2.75, 3.05) is 18.9 Å². The highest BCUT2D eigenvalue weighted by Gasteiger charge is 2.38. The zero-order valence-corrected chi connectivity index (χ0v) is 17.2. The van der Waals surface area contributed by atoms with Gasteiger partial charge >= 0.3 is 12.2 Å². The first-order valence-electron chi connectivity index (χ1n) is 9.88. The Morgan fingerprint density at radius 2 is 1.97 bits per heavy atom. The second-order valence-electron chi connectivity index (χ2n) is 8.04. The van der Waals surface area contributed by atoms with Crippen molar-refractivity contribution in [2.45, 2.75) is 44.8 Å². The second-order valence-corrected chi connectivity index (χ2v) is 8.04. The molecular formula is C20H20F5N5O2. The number of urea groups is 1. The van der Waals surface area contributed by atoms with Crippen molar-refractivity contribution >= 4 is 17.6 Å². The van der Waals surface area contributed by atoms with Crippen molar-refractivity contribution in [3.05, 3.63) is 46.5 Å².